The lowest BCUT2D eigenvalue weighted by Crippen LogP contribution is -2.38. The second-order valence-corrected chi connectivity index (χ2v) is 7.04. The van der Waals surface area contributed by atoms with Crippen molar-refractivity contribution in [3.05, 3.63) is 66.5 Å². The van der Waals surface area contributed by atoms with E-state index in [2.05, 4.69) is 14.6 Å². The van der Waals surface area contributed by atoms with Gasteiger partial charge < -0.3 is 14.2 Å². The van der Waals surface area contributed by atoms with Crippen LogP contribution in [0.3, 0.4) is 0 Å². The molecular formula is C21H25N5O2. The van der Waals surface area contributed by atoms with E-state index < -0.39 is 0 Å². The number of aromatic nitrogens is 4. The molecule has 0 saturated carbocycles. The van der Waals surface area contributed by atoms with Gasteiger partial charge in [0.05, 0.1) is 12.3 Å². The number of likely N-dealkylation sites (tertiary alicyclic amines) is 1. The van der Waals surface area contributed by atoms with Crippen molar-refractivity contribution in [3.8, 4) is 5.69 Å². The summed E-state index contributed by atoms with van der Waals surface area (Å²) in [4.78, 5) is 19.5. The third kappa shape index (κ3) is 3.84. The van der Waals surface area contributed by atoms with Crippen molar-refractivity contribution in [1.82, 2.24) is 24.2 Å². The van der Waals surface area contributed by atoms with Gasteiger partial charge in [-0.15, -0.1) is 0 Å². The van der Waals surface area contributed by atoms with Gasteiger partial charge >= 0.3 is 0 Å². The van der Waals surface area contributed by atoms with Crippen molar-refractivity contribution in [1.29, 1.82) is 0 Å². The second-order valence-electron chi connectivity index (χ2n) is 7.04. The van der Waals surface area contributed by atoms with E-state index in [0.717, 1.165) is 44.0 Å². The molecule has 28 heavy (non-hydrogen) atoms. The highest BCUT2D eigenvalue weighted by atomic mass is 16.5. The van der Waals surface area contributed by atoms with E-state index in [0.29, 0.717) is 18.1 Å². The summed E-state index contributed by atoms with van der Waals surface area (Å²) >= 11 is 0. The fraction of sp³-hybridized carbons (Fsp3) is 0.381. The van der Waals surface area contributed by atoms with Gasteiger partial charge in [0.15, 0.2) is 0 Å². The number of carbonyl (C=O) groups is 1. The molecule has 1 fully saturated rings. The number of benzene rings is 1. The van der Waals surface area contributed by atoms with E-state index >= 15 is 0 Å². The maximum atomic E-state index is 13.0. The van der Waals surface area contributed by atoms with Gasteiger partial charge in [0.2, 0.25) is 0 Å². The predicted molar refractivity (Wildman–Crippen MR) is 106 cm³/mol. The topological polar surface area (TPSA) is 65.2 Å². The molecule has 146 valence electrons. The molecule has 4 rings (SSSR count). The van der Waals surface area contributed by atoms with E-state index in [1.807, 2.05) is 53.8 Å². The fourth-order valence-corrected chi connectivity index (χ4v) is 3.79. The average Bonchev–Trinajstić information content (AvgIpc) is 3.44. The number of imidazole rings is 1. The summed E-state index contributed by atoms with van der Waals surface area (Å²) in [5, 5.41) is 4.24. The number of ether oxygens (including phenoxy) is 1. The molecule has 0 radical (unpaired) electrons. The Hall–Kier alpha value is -2.93. The molecule has 1 saturated heterocycles. The Labute approximate surface area is 164 Å². The van der Waals surface area contributed by atoms with Gasteiger partial charge in [0, 0.05) is 63.0 Å². The van der Waals surface area contributed by atoms with Crippen LogP contribution in [-0.4, -0.2) is 56.9 Å². The van der Waals surface area contributed by atoms with Gasteiger partial charge in [-0.25, -0.2) is 9.67 Å². The van der Waals surface area contributed by atoms with Gasteiger partial charge in [0.1, 0.15) is 5.82 Å². The first-order valence-electron chi connectivity index (χ1n) is 9.65. The number of carbonyl (C=O) groups excluding carboxylic acids is 1. The number of piperidine rings is 1. The van der Waals surface area contributed by atoms with Crippen LogP contribution >= 0.6 is 0 Å². The number of amides is 1. The zero-order chi connectivity index (χ0) is 19.3. The Morgan fingerprint density at radius 1 is 1.18 bits per heavy atom. The average molecular weight is 379 g/mol. The number of nitrogens with zero attached hydrogens (tertiary/aromatic N) is 5. The van der Waals surface area contributed by atoms with E-state index in [1.54, 1.807) is 18.0 Å². The Morgan fingerprint density at radius 3 is 2.79 bits per heavy atom. The fourth-order valence-electron chi connectivity index (χ4n) is 3.79. The molecule has 1 aliphatic rings. The molecule has 0 bridgehead atoms. The van der Waals surface area contributed by atoms with Crippen LogP contribution in [0.15, 0.2) is 55.1 Å². The van der Waals surface area contributed by atoms with Gasteiger partial charge in [-0.2, -0.15) is 5.10 Å². The van der Waals surface area contributed by atoms with Crippen LogP contribution in [0.2, 0.25) is 0 Å². The third-order valence-corrected chi connectivity index (χ3v) is 5.29. The van der Waals surface area contributed by atoms with Crippen LogP contribution in [0, 0.1) is 0 Å². The van der Waals surface area contributed by atoms with E-state index in [-0.39, 0.29) is 5.91 Å². The van der Waals surface area contributed by atoms with E-state index in [9.17, 15) is 4.79 Å². The zero-order valence-corrected chi connectivity index (χ0v) is 16.1. The Balaban J connectivity index is 1.41. The van der Waals surface area contributed by atoms with Crippen molar-refractivity contribution < 1.29 is 9.53 Å². The van der Waals surface area contributed by atoms with Crippen LogP contribution in [0.5, 0.6) is 0 Å². The number of hydrogen-bond acceptors (Lipinski definition) is 4. The molecule has 1 aromatic carbocycles. The zero-order valence-electron chi connectivity index (χ0n) is 16.1. The van der Waals surface area contributed by atoms with Gasteiger partial charge in [-0.05, 0) is 37.1 Å². The van der Waals surface area contributed by atoms with Crippen LogP contribution in [0.1, 0.15) is 34.9 Å². The summed E-state index contributed by atoms with van der Waals surface area (Å²) in [5.41, 5.74) is 1.60. The first kappa shape index (κ1) is 18.4. The first-order valence-corrected chi connectivity index (χ1v) is 9.65. The third-order valence-electron chi connectivity index (χ3n) is 5.29. The summed E-state index contributed by atoms with van der Waals surface area (Å²) in [5.74, 6) is 1.56. The summed E-state index contributed by atoms with van der Waals surface area (Å²) in [6, 6.07) is 9.51. The molecule has 1 aliphatic heterocycles. The smallest absolute Gasteiger partial charge is 0.253 e. The molecular weight excluding hydrogens is 354 g/mol. The van der Waals surface area contributed by atoms with Gasteiger partial charge in [0.25, 0.3) is 5.91 Å². The molecule has 2 aromatic heterocycles. The normalized spacial score (nSPS) is 15.1. The molecule has 1 amide bonds. The minimum absolute atomic E-state index is 0.0789. The summed E-state index contributed by atoms with van der Waals surface area (Å²) in [6.07, 6.45) is 9.32. The van der Waals surface area contributed by atoms with Crippen molar-refractivity contribution in [2.24, 2.45) is 0 Å². The van der Waals surface area contributed by atoms with E-state index in [1.165, 1.54) is 0 Å². The lowest BCUT2D eigenvalue weighted by Gasteiger charge is -2.32. The maximum Gasteiger partial charge on any atom is 0.253 e. The van der Waals surface area contributed by atoms with Crippen LogP contribution in [0.25, 0.3) is 5.69 Å². The molecule has 3 aromatic rings. The molecule has 0 atom stereocenters. The Kier molecular flexibility index (Phi) is 5.53. The number of rotatable bonds is 6. The quantitative estimate of drug-likeness (QED) is 0.661. The standard InChI is InChI=1S/C21H25N5O2/c1-28-15-14-24-13-9-22-20(24)17-6-11-25(12-7-17)21(27)18-4-2-5-19(16-18)26-10-3-8-23-26/h2-5,8-10,13,16-17H,6-7,11-12,14-15H2,1H3. The molecule has 0 aliphatic carbocycles. The van der Waals surface area contributed by atoms with Crippen molar-refractivity contribution >= 4 is 5.91 Å². The lowest BCUT2D eigenvalue weighted by atomic mass is 9.95. The highest BCUT2D eigenvalue weighted by molar-refractivity contribution is 5.94. The SMILES string of the molecule is COCCn1ccnc1C1CCN(C(=O)c2cccc(-n3cccn3)c2)CC1. The largest absolute Gasteiger partial charge is 0.383 e. The molecule has 7 heteroatoms. The van der Waals surface area contributed by atoms with E-state index in [4.69, 9.17) is 4.74 Å². The lowest BCUT2D eigenvalue weighted by molar-refractivity contribution is 0.0710. The monoisotopic (exact) mass is 379 g/mol. The van der Waals surface area contributed by atoms with Crippen LogP contribution in [0.4, 0.5) is 0 Å². The predicted octanol–water partition coefficient (Wildman–Crippen LogP) is 2.74. The van der Waals surface area contributed by atoms with Crippen molar-refractivity contribution in [2.75, 3.05) is 26.8 Å². The Morgan fingerprint density at radius 2 is 2.04 bits per heavy atom. The highest BCUT2D eigenvalue weighted by Crippen LogP contribution is 2.28. The van der Waals surface area contributed by atoms with Gasteiger partial charge in [-0.1, -0.05) is 6.07 Å². The summed E-state index contributed by atoms with van der Waals surface area (Å²) in [7, 11) is 1.71. The second kappa shape index (κ2) is 8.39. The van der Waals surface area contributed by atoms with Gasteiger partial charge in [-0.3, -0.25) is 4.79 Å². The molecule has 7 nitrogen and oxygen atoms in total. The molecule has 0 unspecified atom stereocenters. The molecule has 3 heterocycles. The molecule has 0 spiro atoms. The first-order chi connectivity index (χ1) is 13.8. The maximum absolute atomic E-state index is 13.0. The molecule has 0 N–H and O–H groups in total. The number of hydrogen-bond donors (Lipinski definition) is 0. The van der Waals surface area contributed by atoms with Crippen LogP contribution in [-0.2, 0) is 11.3 Å². The highest BCUT2D eigenvalue weighted by Gasteiger charge is 2.27. The summed E-state index contributed by atoms with van der Waals surface area (Å²) < 4.78 is 9.12. The van der Waals surface area contributed by atoms with Crippen molar-refractivity contribution in [2.45, 2.75) is 25.3 Å². The summed E-state index contributed by atoms with van der Waals surface area (Å²) in [6.45, 7) is 2.97. The Bertz CT molecular complexity index is 911. The minimum atomic E-state index is 0.0789. The minimum Gasteiger partial charge on any atom is -0.383 e. The van der Waals surface area contributed by atoms with Crippen molar-refractivity contribution in [3.63, 3.8) is 0 Å². The van der Waals surface area contributed by atoms with Crippen LogP contribution < -0.4 is 0 Å². The number of methoxy groups -OCH3 is 1.